The third-order valence-corrected chi connectivity index (χ3v) is 3.26. The first-order valence-electron chi connectivity index (χ1n) is 6.56. The number of hydrogen-bond donors (Lipinski definition) is 1. The normalized spacial score (nSPS) is 12.2. The second-order valence-electron chi connectivity index (χ2n) is 4.82. The molecule has 0 atom stereocenters. The molecule has 0 aliphatic rings. The minimum atomic E-state index is -4.43. The Hall–Kier alpha value is -2.35. The van der Waals surface area contributed by atoms with Crippen molar-refractivity contribution in [2.24, 2.45) is 0 Å². The number of hydrogen-bond acceptors (Lipinski definition) is 3. The monoisotopic (exact) mass is 310 g/mol. The molecule has 1 N–H and O–H groups in total. The Morgan fingerprint density at radius 2 is 2.09 bits per heavy atom. The van der Waals surface area contributed by atoms with Crippen LogP contribution in [0.2, 0.25) is 0 Å². The number of benzene rings is 1. The van der Waals surface area contributed by atoms with Gasteiger partial charge < -0.3 is 4.74 Å². The van der Waals surface area contributed by atoms with Crippen LogP contribution in [0.1, 0.15) is 5.69 Å². The van der Waals surface area contributed by atoms with Gasteiger partial charge in [0.1, 0.15) is 5.69 Å². The number of nitrogens with one attached hydrogen (secondary N) is 1. The van der Waals surface area contributed by atoms with Crippen LogP contribution in [0.25, 0.3) is 22.2 Å². The molecule has 22 heavy (non-hydrogen) atoms. The lowest BCUT2D eigenvalue weighted by molar-refractivity contribution is -0.141. The molecule has 2 heterocycles. The molecule has 0 radical (unpaired) electrons. The van der Waals surface area contributed by atoms with Crippen molar-refractivity contribution in [3.63, 3.8) is 0 Å². The van der Waals surface area contributed by atoms with E-state index in [1.54, 1.807) is 30.0 Å². The maximum absolute atomic E-state index is 12.6. The van der Waals surface area contributed by atoms with Crippen LogP contribution in [-0.2, 0) is 17.5 Å². The summed E-state index contributed by atoms with van der Waals surface area (Å²) in [6, 6.07) is 6.22. The van der Waals surface area contributed by atoms with Gasteiger partial charge in [-0.25, -0.2) is 0 Å². The molecule has 0 aliphatic carbocycles. The largest absolute Gasteiger partial charge is 0.432 e. The molecule has 116 valence electrons. The minimum Gasteiger partial charge on any atom is -0.383 e. The number of methoxy groups -OCH3 is 1. The van der Waals surface area contributed by atoms with E-state index in [-0.39, 0.29) is 5.69 Å². The fraction of sp³-hybridized carbons (Fsp3) is 0.286. The second kappa shape index (κ2) is 5.45. The van der Waals surface area contributed by atoms with Gasteiger partial charge in [-0.15, -0.1) is 0 Å². The van der Waals surface area contributed by atoms with E-state index in [0.29, 0.717) is 18.7 Å². The summed E-state index contributed by atoms with van der Waals surface area (Å²) in [5.41, 5.74) is 0.759. The van der Waals surface area contributed by atoms with E-state index in [1.165, 1.54) is 0 Å². The molecule has 0 saturated heterocycles. The maximum Gasteiger partial charge on any atom is 0.432 e. The summed E-state index contributed by atoms with van der Waals surface area (Å²) < 4.78 is 44.5. The van der Waals surface area contributed by atoms with Gasteiger partial charge in [0.25, 0.3) is 0 Å². The molecule has 0 fully saturated rings. The predicted molar refractivity (Wildman–Crippen MR) is 74.2 cm³/mol. The number of H-pyrrole nitrogens is 1. The zero-order valence-corrected chi connectivity index (χ0v) is 11.7. The summed E-state index contributed by atoms with van der Waals surface area (Å²) in [5, 5.41) is 10.9. The molecule has 0 unspecified atom stereocenters. The Labute approximate surface area is 123 Å². The first-order valence-corrected chi connectivity index (χ1v) is 6.56. The fourth-order valence-corrected chi connectivity index (χ4v) is 2.15. The highest BCUT2D eigenvalue weighted by Gasteiger charge is 2.33. The summed E-state index contributed by atoms with van der Waals surface area (Å²) in [5.74, 6) is 0. The van der Waals surface area contributed by atoms with Crippen molar-refractivity contribution >= 4 is 10.9 Å². The van der Waals surface area contributed by atoms with E-state index in [4.69, 9.17) is 4.74 Å². The predicted octanol–water partition coefficient (Wildman–Crippen LogP) is 3.09. The van der Waals surface area contributed by atoms with Gasteiger partial charge >= 0.3 is 6.18 Å². The van der Waals surface area contributed by atoms with E-state index < -0.39 is 11.9 Å². The van der Waals surface area contributed by atoms with Crippen molar-refractivity contribution in [3.8, 4) is 11.3 Å². The zero-order chi connectivity index (χ0) is 15.7. The molecule has 1 aromatic carbocycles. The summed E-state index contributed by atoms with van der Waals surface area (Å²) >= 11 is 0. The molecular weight excluding hydrogens is 297 g/mol. The Morgan fingerprint density at radius 1 is 1.27 bits per heavy atom. The Morgan fingerprint density at radius 3 is 2.77 bits per heavy atom. The van der Waals surface area contributed by atoms with Crippen LogP contribution in [-0.4, -0.2) is 33.7 Å². The first-order chi connectivity index (χ1) is 10.5. The van der Waals surface area contributed by atoms with Crippen LogP contribution < -0.4 is 0 Å². The number of aromatic nitrogens is 4. The smallest absolute Gasteiger partial charge is 0.383 e. The van der Waals surface area contributed by atoms with Crippen LogP contribution in [0.5, 0.6) is 0 Å². The second-order valence-corrected chi connectivity index (χ2v) is 4.82. The van der Waals surface area contributed by atoms with Gasteiger partial charge in [0, 0.05) is 24.3 Å². The average molecular weight is 310 g/mol. The van der Waals surface area contributed by atoms with Crippen LogP contribution in [0, 0.1) is 0 Å². The van der Waals surface area contributed by atoms with Crippen molar-refractivity contribution in [1.82, 2.24) is 20.0 Å². The van der Waals surface area contributed by atoms with Crippen LogP contribution in [0.15, 0.2) is 30.5 Å². The molecule has 0 bridgehead atoms. The van der Waals surface area contributed by atoms with Crippen molar-refractivity contribution in [1.29, 1.82) is 0 Å². The SMILES string of the molecule is COCCn1cc2cc(-c3cc(C(F)(F)F)[nH]n3)ccc2n1. The molecule has 8 heteroatoms. The topological polar surface area (TPSA) is 55.7 Å². The van der Waals surface area contributed by atoms with E-state index in [2.05, 4.69) is 10.2 Å². The molecule has 5 nitrogen and oxygen atoms in total. The standard InChI is InChI=1S/C14H13F3N4O/c1-22-5-4-21-8-10-6-9(2-3-11(10)20-21)12-7-13(19-18-12)14(15,16)17/h2-3,6-8H,4-5H2,1H3,(H,18,19). The highest BCUT2D eigenvalue weighted by atomic mass is 19.4. The molecular formula is C14H13F3N4O. The van der Waals surface area contributed by atoms with Gasteiger partial charge in [0.15, 0.2) is 0 Å². The van der Waals surface area contributed by atoms with E-state index in [9.17, 15) is 13.2 Å². The van der Waals surface area contributed by atoms with Gasteiger partial charge in [0.2, 0.25) is 0 Å². The molecule has 0 aliphatic heterocycles. The highest BCUT2D eigenvalue weighted by Crippen LogP contribution is 2.31. The van der Waals surface area contributed by atoms with Gasteiger partial charge in [0.05, 0.1) is 24.4 Å². The number of alkyl halides is 3. The zero-order valence-electron chi connectivity index (χ0n) is 11.7. The van der Waals surface area contributed by atoms with E-state index in [0.717, 1.165) is 17.0 Å². The Balaban J connectivity index is 1.92. The quantitative estimate of drug-likeness (QED) is 0.805. The van der Waals surface area contributed by atoms with E-state index >= 15 is 0 Å². The molecule has 3 rings (SSSR count). The molecule has 0 amide bonds. The number of fused-ring (bicyclic) bond motifs is 1. The summed E-state index contributed by atoms with van der Waals surface area (Å²) in [4.78, 5) is 0. The molecule has 3 aromatic rings. The Bertz CT molecular complexity index is 791. The van der Waals surface area contributed by atoms with Crippen LogP contribution in [0.3, 0.4) is 0 Å². The van der Waals surface area contributed by atoms with Gasteiger partial charge in [-0.05, 0) is 18.2 Å². The number of halogens is 3. The minimum absolute atomic E-state index is 0.249. The number of aromatic amines is 1. The summed E-state index contributed by atoms with van der Waals surface area (Å²) in [7, 11) is 1.61. The highest BCUT2D eigenvalue weighted by molar-refractivity contribution is 5.83. The van der Waals surface area contributed by atoms with Crippen LogP contribution >= 0.6 is 0 Å². The van der Waals surface area contributed by atoms with Gasteiger partial charge in [-0.3, -0.25) is 9.78 Å². The van der Waals surface area contributed by atoms with Gasteiger partial charge in [-0.2, -0.15) is 23.4 Å². The molecule has 0 spiro atoms. The lowest BCUT2D eigenvalue weighted by Gasteiger charge is -2.00. The average Bonchev–Trinajstić information content (AvgIpc) is 3.10. The third kappa shape index (κ3) is 2.82. The number of rotatable bonds is 4. The van der Waals surface area contributed by atoms with Crippen LogP contribution in [0.4, 0.5) is 13.2 Å². The first kappa shape index (κ1) is 14.6. The summed E-state index contributed by atoms with van der Waals surface area (Å²) in [6.07, 6.45) is -2.60. The number of ether oxygens (including phenoxy) is 1. The number of nitrogens with zero attached hydrogens (tertiary/aromatic N) is 3. The molecule has 2 aromatic heterocycles. The third-order valence-electron chi connectivity index (χ3n) is 3.26. The Kier molecular flexibility index (Phi) is 3.61. The van der Waals surface area contributed by atoms with Gasteiger partial charge in [-0.1, -0.05) is 6.07 Å². The van der Waals surface area contributed by atoms with Crippen molar-refractivity contribution in [3.05, 3.63) is 36.2 Å². The van der Waals surface area contributed by atoms with Crippen molar-refractivity contribution in [2.45, 2.75) is 12.7 Å². The van der Waals surface area contributed by atoms with Crippen molar-refractivity contribution < 1.29 is 17.9 Å². The lowest BCUT2D eigenvalue weighted by Crippen LogP contribution is -2.04. The lowest BCUT2D eigenvalue weighted by atomic mass is 10.1. The van der Waals surface area contributed by atoms with E-state index in [1.807, 2.05) is 11.3 Å². The maximum atomic E-state index is 12.6. The molecule has 0 saturated carbocycles. The van der Waals surface area contributed by atoms with Crippen molar-refractivity contribution in [2.75, 3.05) is 13.7 Å². The summed E-state index contributed by atoms with van der Waals surface area (Å²) in [6.45, 7) is 1.15. The fourth-order valence-electron chi connectivity index (χ4n) is 2.15.